The molecule has 0 radical (unpaired) electrons. The molecule has 0 aromatic heterocycles. The van der Waals surface area contributed by atoms with Crippen LogP contribution in [0.1, 0.15) is 41.0 Å². The van der Waals surface area contributed by atoms with Crippen molar-refractivity contribution in [1.82, 2.24) is 10.2 Å². The lowest BCUT2D eigenvalue weighted by Gasteiger charge is -2.28. The van der Waals surface area contributed by atoms with Crippen molar-refractivity contribution in [2.75, 3.05) is 20.1 Å². The number of rotatable bonds is 7. The molecule has 0 heterocycles. The Morgan fingerprint density at radius 1 is 1.07 bits per heavy atom. The molecule has 0 aliphatic rings. The molecule has 2 nitrogen and oxygen atoms in total. The summed E-state index contributed by atoms with van der Waals surface area (Å²) in [4.78, 5) is 2.43. The first-order chi connectivity index (χ1) is 6.45. The van der Waals surface area contributed by atoms with Crippen LogP contribution in [0.15, 0.2) is 0 Å². The summed E-state index contributed by atoms with van der Waals surface area (Å²) in [5, 5.41) is 3.48. The lowest BCUT2D eigenvalue weighted by atomic mass is 10.1. The Labute approximate surface area is 90.1 Å². The molecule has 0 saturated heterocycles. The fourth-order valence-electron chi connectivity index (χ4n) is 1.41. The molecule has 0 amide bonds. The Balaban J connectivity index is 3.48. The van der Waals surface area contributed by atoms with Gasteiger partial charge in [-0.05, 0) is 53.2 Å². The van der Waals surface area contributed by atoms with Crippen molar-refractivity contribution >= 4 is 0 Å². The van der Waals surface area contributed by atoms with Crippen LogP contribution in [-0.2, 0) is 0 Å². The quantitative estimate of drug-likeness (QED) is 0.635. The SMILES string of the molecule is CC(C)CNCCC(C)N(C)C(C)C. The summed E-state index contributed by atoms with van der Waals surface area (Å²) in [6, 6.07) is 1.32. The third-order valence-electron chi connectivity index (χ3n) is 2.80. The predicted molar refractivity (Wildman–Crippen MR) is 64.7 cm³/mol. The molecule has 0 rings (SSSR count). The summed E-state index contributed by atoms with van der Waals surface area (Å²) in [7, 11) is 2.21. The standard InChI is InChI=1S/C12H28N2/c1-10(2)9-13-8-7-12(5)14(6)11(3)4/h10-13H,7-9H2,1-6H3. The molecule has 1 unspecified atom stereocenters. The summed E-state index contributed by atoms with van der Waals surface area (Å²) in [5.74, 6) is 0.758. The Hall–Kier alpha value is -0.0800. The Morgan fingerprint density at radius 3 is 2.07 bits per heavy atom. The Kier molecular flexibility index (Phi) is 7.20. The molecule has 0 saturated carbocycles. The van der Waals surface area contributed by atoms with Crippen LogP contribution in [0.2, 0.25) is 0 Å². The fraction of sp³-hybridized carbons (Fsp3) is 1.00. The minimum Gasteiger partial charge on any atom is -0.316 e. The third-order valence-corrected chi connectivity index (χ3v) is 2.80. The Morgan fingerprint density at radius 2 is 1.64 bits per heavy atom. The molecule has 1 atom stereocenters. The van der Waals surface area contributed by atoms with Gasteiger partial charge in [-0.1, -0.05) is 13.8 Å². The van der Waals surface area contributed by atoms with E-state index in [1.54, 1.807) is 0 Å². The van der Waals surface area contributed by atoms with Crippen molar-refractivity contribution in [3.63, 3.8) is 0 Å². The van der Waals surface area contributed by atoms with E-state index in [0.29, 0.717) is 12.1 Å². The van der Waals surface area contributed by atoms with Crippen LogP contribution >= 0.6 is 0 Å². The van der Waals surface area contributed by atoms with E-state index >= 15 is 0 Å². The molecule has 86 valence electrons. The van der Waals surface area contributed by atoms with E-state index < -0.39 is 0 Å². The third kappa shape index (κ3) is 6.39. The van der Waals surface area contributed by atoms with Gasteiger partial charge in [0.05, 0.1) is 0 Å². The van der Waals surface area contributed by atoms with Crippen molar-refractivity contribution in [3.05, 3.63) is 0 Å². The number of hydrogen-bond acceptors (Lipinski definition) is 2. The summed E-state index contributed by atoms with van der Waals surface area (Å²) < 4.78 is 0. The van der Waals surface area contributed by atoms with E-state index in [1.165, 1.54) is 6.42 Å². The van der Waals surface area contributed by atoms with Gasteiger partial charge in [0.15, 0.2) is 0 Å². The highest BCUT2D eigenvalue weighted by Crippen LogP contribution is 2.04. The number of nitrogens with one attached hydrogen (secondary N) is 1. The van der Waals surface area contributed by atoms with E-state index in [1.807, 2.05) is 0 Å². The molecule has 0 aromatic rings. The normalized spacial score (nSPS) is 14.4. The number of nitrogens with zero attached hydrogens (tertiary/aromatic N) is 1. The van der Waals surface area contributed by atoms with Gasteiger partial charge >= 0.3 is 0 Å². The lowest BCUT2D eigenvalue weighted by molar-refractivity contribution is 0.198. The second kappa shape index (κ2) is 7.24. The van der Waals surface area contributed by atoms with Crippen LogP contribution in [0, 0.1) is 5.92 Å². The first kappa shape index (κ1) is 13.9. The van der Waals surface area contributed by atoms with Gasteiger partial charge < -0.3 is 10.2 Å². The summed E-state index contributed by atoms with van der Waals surface area (Å²) in [6.07, 6.45) is 1.24. The van der Waals surface area contributed by atoms with Crippen LogP contribution in [-0.4, -0.2) is 37.1 Å². The van der Waals surface area contributed by atoms with Gasteiger partial charge in [-0.3, -0.25) is 0 Å². The monoisotopic (exact) mass is 200 g/mol. The van der Waals surface area contributed by atoms with E-state index in [9.17, 15) is 0 Å². The van der Waals surface area contributed by atoms with Gasteiger partial charge in [-0.25, -0.2) is 0 Å². The minimum atomic E-state index is 0.648. The van der Waals surface area contributed by atoms with Crippen LogP contribution < -0.4 is 5.32 Å². The molecule has 0 aliphatic heterocycles. The predicted octanol–water partition coefficient (Wildman–Crippen LogP) is 2.35. The second-order valence-electron chi connectivity index (χ2n) is 4.99. The maximum absolute atomic E-state index is 3.48. The van der Waals surface area contributed by atoms with E-state index in [0.717, 1.165) is 19.0 Å². The smallest absolute Gasteiger partial charge is 0.00786 e. The maximum atomic E-state index is 3.48. The molecule has 0 fully saturated rings. The summed E-state index contributed by atoms with van der Waals surface area (Å²) >= 11 is 0. The zero-order valence-corrected chi connectivity index (χ0v) is 10.8. The van der Waals surface area contributed by atoms with Crippen LogP contribution in [0.3, 0.4) is 0 Å². The molecular formula is C12H28N2. The van der Waals surface area contributed by atoms with Crippen molar-refractivity contribution < 1.29 is 0 Å². The van der Waals surface area contributed by atoms with Crippen molar-refractivity contribution in [1.29, 1.82) is 0 Å². The molecule has 0 aromatic carbocycles. The lowest BCUT2D eigenvalue weighted by Crippen LogP contribution is -2.37. The van der Waals surface area contributed by atoms with Crippen LogP contribution in [0.5, 0.6) is 0 Å². The maximum Gasteiger partial charge on any atom is 0.00786 e. The molecule has 2 heteroatoms. The zero-order valence-electron chi connectivity index (χ0n) is 10.8. The highest BCUT2D eigenvalue weighted by Gasteiger charge is 2.11. The summed E-state index contributed by atoms with van der Waals surface area (Å²) in [6.45, 7) is 13.6. The van der Waals surface area contributed by atoms with Gasteiger partial charge in [0.1, 0.15) is 0 Å². The van der Waals surface area contributed by atoms with Crippen molar-refractivity contribution in [2.24, 2.45) is 5.92 Å². The number of hydrogen-bond donors (Lipinski definition) is 1. The van der Waals surface area contributed by atoms with Crippen LogP contribution in [0.4, 0.5) is 0 Å². The van der Waals surface area contributed by atoms with E-state index in [-0.39, 0.29) is 0 Å². The van der Waals surface area contributed by atoms with Gasteiger partial charge in [-0.2, -0.15) is 0 Å². The van der Waals surface area contributed by atoms with Crippen molar-refractivity contribution in [3.8, 4) is 0 Å². The molecule has 1 N–H and O–H groups in total. The van der Waals surface area contributed by atoms with E-state index in [2.05, 4.69) is 51.9 Å². The largest absolute Gasteiger partial charge is 0.316 e. The summed E-state index contributed by atoms with van der Waals surface area (Å²) in [5.41, 5.74) is 0. The van der Waals surface area contributed by atoms with Gasteiger partial charge in [0.2, 0.25) is 0 Å². The molecule has 0 spiro atoms. The average molecular weight is 200 g/mol. The highest BCUT2D eigenvalue weighted by molar-refractivity contribution is 4.68. The molecule has 0 aliphatic carbocycles. The second-order valence-corrected chi connectivity index (χ2v) is 4.99. The van der Waals surface area contributed by atoms with Gasteiger partial charge in [-0.15, -0.1) is 0 Å². The highest BCUT2D eigenvalue weighted by atomic mass is 15.1. The first-order valence-corrected chi connectivity index (χ1v) is 5.87. The van der Waals surface area contributed by atoms with E-state index in [4.69, 9.17) is 0 Å². The van der Waals surface area contributed by atoms with Gasteiger partial charge in [0, 0.05) is 12.1 Å². The topological polar surface area (TPSA) is 15.3 Å². The minimum absolute atomic E-state index is 0.648. The average Bonchev–Trinajstić information content (AvgIpc) is 2.10. The molecule has 0 bridgehead atoms. The fourth-order valence-corrected chi connectivity index (χ4v) is 1.41. The first-order valence-electron chi connectivity index (χ1n) is 5.87. The Bertz CT molecular complexity index is 132. The van der Waals surface area contributed by atoms with Crippen molar-refractivity contribution in [2.45, 2.75) is 53.1 Å². The zero-order chi connectivity index (χ0) is 11.1. The van der Waals surface area contributed by atoms with Crippen LogP contribution in [0.25, 0.3) is 0 Å². The molecule has 14 heavy (non-hydrogen) atoms. The van der Waals surface area contributed by atoms with Gasteiger partial charge in [0.25, 0.3) is 0 Å². The molecular weight excluding hydrogens is 172 g/mol.